The van der Waals surface area contributed by atoms with Crippen LogP contribution in [0, 0.1) is 5.82 Å². The summed E-state index contributed by atoms with van der Waals surface area (Å²) in [6.07, 6.45) is 3.35. The molecule has 4 rings (SSSR count). The van der Waals surface area contributed by atoms with Crippen molar-refractivity contribution in [3.63, 3.8) is 0 Å². The summed E-state index contributed by atoms with van der Waals surface area (Å²) in [5.41, 5.74) is 1.68. The molecule has 1 aromatic carbocycles. The molecule has 0 saturated carbocycles. The Morgan fingerprint density at radius 1 is 1.04 bits per heavy atom. The van der Waals surface area contributed by atoms with Gasteiger partial charge >= 0.3 is 0 Å². The van der Waals surface area contributed by atoms with Gasteiger partial charge in [-0.3, -0.25) is 4.79 Å². The van der Waals surface area contributed by atoms with E-state index in [0.717, 1.165) is 0 Å². The number of piperazine rings is 1. The summed E-state index contributed by atoms with van der Waals surface area (Å²) in [5, 5.41) is 4.29. The van der Waals surface area contributed by atoms with Gasteiger partial charge in [-0.2, -0.15) is 5.10 Å². The average Bonchev–Trinajstić information content (AvgIpc) is 3.09. The van der Waals surface area contributed by atoms with Crippen LogP contribution >= 0.6 is 0 Å². The number of hydrogen-bond donors (Lipinski definition) is 0. The molecule has 0 atom stereocenters. The third-order valence-electron chi connectivity index (χ3n) is 4.23. The number of hydrogen-bond acceptors (Lipinski definition) is 4. The van der Waals surface area contributed by atoms with E-state index in [-0.39, 0.29) is 11.7 Å². The van der Waals surface area contributed by atoms with Crippen LogP contribution in [0.25, 0.3) is 5.65 Å². The third kappa shape index (κ3) is 2.58. The second-order valence-electron chi connectivity index (χ2n) is 5.68. The number of rotatable bonds is 2. The Bertz CT molecular complexity index is 885. The van der Waals surface area contributed by atoms with Crippen LogP contribution in [0.5, 0.6) is 0 Å². The molecule has 1 aliphatic heterocycles. The summed E-state index contributed by atoms with van der Waals surface area (Å²) in [5.74, 6) is -0.344. The molecule has 3 aromatic rings. The van der Waals surface area contributed by atoms with Crippen LogP contribution in [-0.4, -0.2) is 51.6 Å². The zero-order chi connectivity index (χ0) is 16.5. The number of amides is 1. The largest absolute Gasteiger partial charge is 0.366 e. The lowest BCUT2D eigenvalue weighted by Crippen LogP contribution is -2.49. The van der Waals surface area contributed by atoms with Gasteiger partial charge in [0, 0.05) is 38.6 Å². The standard InChI is InChI=1S/C17H16FN5O/c18-13-3-1-2-4-15(13)21-9-11-22(12-10-21)17(24)14-5-6-16-19-7-8-23(16)20-14/h1-8H,9-12H2. The van der Waals surface area contributed by atoms with Gasteiger partial charge in [0.05, 0.1) is 5.69 Å². The van der Waals surface area contributed by atoms with Crippen LogP contribution in [0.15, 0.2) is 48.8 Å². The number of carbonyl (C=O) groups excluding carboxylic acids is 1. The topological polar surface area (TPSA) is 53.7 Å². The SMILES string of the molecule is O=C(c1ccc2nccn2n1)N1CCN(c2ccccc2F)CC1. The van der Waals surface area contributed by atoms with Crippen LogP contribution in [0.4, 0.5) is 10.1 Å². The quantitative estimate of drug-likeness (QED) is 0.721. The van der Waals surface area contributed by atoms with Gasteiger partial charge in [0.15, 0.2) is 5.65 Å². The molecular formula is C17H16FN5O. The second kappa shape index (κ2) is 5.92. The Balaban J connectivity index is 1.47. The Labute approximate surface area is 138 Å². The van der Waals surface area contributed by atoms with Crippen molar-refractivity contribution >= 4 is 17.2 Å². The van der Waals surface area contributed by atoms with E-state index in [0.29, 0.717) is 43.2 Å². The second-order valence-corrected chi connectivity index (χ2v) is 5.68. The zero-order valence-corrected chi connectivity index (χ0v) is 13.0. The summed E-state index contributed by atoms with van der Waals surface area (Å²) in [6.45, 7) is 2.27. The first-order valence-corrected chi connectivity index (χ1v) is 7.81. The van der Waals surface area contributed by atoms with Gasteiger partial charge in [0.2, 0.25) is 0 Å². The maximum Gasteiger partial charge on any atom is 0.274 e. The highest BCUT2D eigenvalue weighted by molar-refractivity contribution is 5.92. The maximum atomic E-state index is 13.9. The van der Waals surface area contributed by atoms with Crippen LogP contribution < -0.4 is 4.90 Å². The molecule has 7 heteroatoms. The lowest BCUT2D eigenvalue weighted by molar-refractivity contribution is 0.0739. The smallest absolute Gasteiger partial charge is 0.274 e. The molecule has 0 radical (unpaired) electrons. The molecule has 3 heterocycles. The molecule has 0 unspecified atom stereocenters. The Morgan fingerprint density at radius 3 is 2.62 bits per heavy atom. The maximum absolute atomic E-state index is 13.9. The number of nitrogens with zero attached hydrogens (tertiary/aromatic N) is 5. The summed E-state index contributed by atoms with van der Waals surface area (Å²) >= 11 is 0. The van der Waals surface area contributed by atoms with Gasteiger partial charge in [-0.1, -0.05) is 12.1 Å². The highest BCUT2D eigenvalue weighted by Crippen LogP contribution is 2.20. The fourth-order valence-corrected chi connectivity index (χ4v) is 2.95. The van der Waals surface area contributed by atoms with Gasteiger partial charge in [-0.05, 0) is 24.3 Å². The predicted molar refractivity (Wildman–Crippen MR) is 87.5 cm³/mol. The number of halogens is 1. The first-order chi connectivity index (χ1) is 11.7. The van der Waals surface area contributed by atoms with Crippen LogP contribution in [0.3, 0.4) is 0 Å². The number of carbonyl (C=O) groups is 1. The molecule has 1 fully saturated rings. The van der Waals surface area contributed by atoms with Gasteiger partial charge < -0.3 is 9.80 Å². The molecule has 0 N–H and O–H groups in total. The lowest BCUT2D eigenvalue weighted by Gasteiger charge is -2.36. The van der Waals surface area contributed by atoms with Crippen LogP contribution in [0.1, 0.15) is 10.5 Å². The first kappa shape index (κ1) is 14.6. The molecule has 0 spiro atoms. The monoisotopic (exact) mass is 325 g/mol. The molecule has 24 heavy (non-hydrogen) atoms. The average molecular weight is 325 g/mol. The van der Waals surface area contributed by atoms with E-state index < -0.39 is 0 Å². The number of fused-ring (bicyclic) bond motifs is 1. The Morgan fingerprint density at radius 2 is 1.83 bits per heavy atom. The summed E-state index contributed by atoms with van der Waals surface area (Å²) < 4.78 is 15.5. The van der Waals surface area contributed by atoms with E-state index in [1.54, 1.807) is 46.1 Å². The van der Waals surface area contributed by atoms with Crippen molar-refractivity contribution in [1.29, 1.82) is 0 Å². The van der Waals surface area contributed by atoms with E-state index in [4.69, 9.17) is 0 Å². The molecule has 2 aromatic heterocycles. The fraction of sp³-hybridized carbons (Fsp3) is 0.235. The van der Waals surface area contributed by atoms with Crippen molar-refractivity contribution < 1.29 is 9.18 Å². The minimum atomic E-state index is -0.232. The molecule has 122 valence electrons. The molecule has 1 amide bonds. The molecular weight excluding hydrogens is 309 g/mol. The zero-order valence-electron chi connectivity index (χ0n) is 13.0. The van der Waals surface area contributed by atoms with Gasteiger partial charge in [0.25, 0.3) is 5.91 Å². The fourth-order valence-electron chi connectivity index (χ4n) is 2.95. The highest BCUT2D eigenvalue weighted by Gasteiger charge is 2.24. The van der Waals surface area contributed by atoms with E-state index in [1.807, 2.05) is 11.0 Å². The number of anilines is 1. The van der Waals surface area contributed by atoms with Gasteiger partial charge in [0.1, 0.15) is 11.5 Å². The lowest BCUT2D eigenvalue weighted by atomic mass is 10.2. The normalized spacial score (nSPS) is 15.0. The van der Waals surface area contributed by atoms with Gasteiger partial charge in [-0.15, -0.1) is 0 Å². The van der Waals surface area contributed by atoms with E-state index in [9.17, 15) is 9.18 Å². The van der Waals surface area contributed by atoms with Crippen molar-refractivity contribution in [2.24, 2.45) is 0 Å². The summed E-state index contributed by atoms with van der Waals surface area (Å²) in [7, 11) is 0. The summed E-state index contributed by atoms with van der Waals surface area (Å²) in [6, 6.07) is 10.2. The third-order valence-corrected chi connectivity index (χ3v) is 4.23. The van der Waals surface area contributed by atoms with Crippen molar-refractivity contribution in [3.8, 4) is 0 Å². The van der Waals surface area contributed by atoms with E-state index in [2.05, 4.69) is 10.1 Å². The predicted octanol–water partition coefficient (Wildman–Crippen LogP) is 1.83. The number of aromatic nitrogens is 3. The molecule has 6 nitrogen and oxygen atoms in total. The van der Waals surface area contributed by atoms with Crippen molar-refractivity contribution in [2.45, 2.75) is 0 Å². The Kier molecular flexibility index (Phi) is 3.60. The molecule has 1 aliphatic rings. The van der Waals surface area contributed by atoms with Crippen LogP contribution in [0.2, 0.25) is 0 Å². The number of benzene rings is 1. The molecule has 0 bridgehead atoms. The molecule has 0 aliphatic carbocycles. The Hall–Kier alpha value is -2.96. The van der Waals surface area contributed by atoms with Crippen molar-refractivity contribution in [3.05, 3.63) is 60.3 Å². The molecule has 1 saturated heterocycles. The van der Waals surface area contributed by atoms with E-state index in [1.165, 1.54) is 6.07 Å². The number of imidazole rings is 1. The van der Waals surface area contributed by atoms with Crippen LogP contribution in [-0.2, 0) is 0 Å². The van der Waals surface area contributed by atoms with Crippen molar-refractivity contribution in [1.82, 2.24) is 19.5 Å². The van der Waals surface area contributed by atoms with Crippen molar-refractivity contribution in [2.75, 3.05) is 31.1 Å². The van der Waals surface area contributed by atoms with E-state index >= 15 is 0 Å². The highest BCUT2D eigenvalue weighted by atomic mass is 19.1. The minimum Gasteiger partial charge on any atom is -0.366 e. The number of para-hydroxylation sites is 1. The minimum absolute atomic E-state index is 0.112. The van der Waals surface area contributed by atoms with Gasteiger partial charge in [-0.25, -0.2) is 13.9 Å². The first-order valence-electron chi connectivity index (χ1n) is 7.81. The summed E-state index contributed by atoms with van der Waals surface area (Å²) in [4.78, 5) is 20.4.